The quantitative estimate of drug-likeness (QED) is 0.778. The zero-order valence-corrected chi connectivity index (χ0v) is 10.5. The van der Waals surface area contributed by atoms with E-state index in [0.717, 1.165) is 19.3 Å². The third-order valence-corrected chi connectivity index (χ3v) is 3.10. The SMILES string of the molecule is CC1CCCC(CO)(NC(=O)OC(C)C)C1. The van der Waals surface area contributed by atoms with Gasteiger partial charge in [-0.2, -0.15) is 0 Å². The number of alkyl carbamates (subject to hydrolysis) is 1. The fourth-order valence-electron chi connectivity index (χ4n) is 2.42. The number of carbonyl (C=O) groups excluding carboxylic acids is 1. The Bertz CT molecular complexity index is 242. The van der Waals surface area contributed by atoms with Crippen molar-refractivity contribution in [3.8, 4) is 0 Å². The second-order valence-electron chi connectivity index (χ2n) is 5.22. The summed E-state index contributed by atoms with van der Waals surface area (Å²) >= 11 is 0. The molecule has 4 heteroatoms. The number of hydrogen-bond donors (Lipinski definition) is 2. The highest BCUT2D eigenvalue weighted by Crippen LogP contribution is 2.32. The van der Waals surface area contributed by atoms with Crippen LogP contribution in [0.1, 0.15) is 46.5 Å². The molecule has 0 aromatic heterocycles. The van der Waals surface area contributed by atoms with E-state index in [4.69, 9.17) is 4.74 Å². The summed E-state index contributed by atoms with van der Waals surface area (Å²) in [6, 6.07) is 0. The van der Waals surface area contributed by atoms with Gasteiger partial charge >= 0.3 is 6.09 Å². The predicted molar refractivity (Wildman–Crippen MR) is 62.2 cm³/mol. The Morgan fingerprint density at radius 3 is 2.81 bits per heavy atom. The standard InChI is InChI=1S/C12H23NO3/c1-9(2)16-11(15)13-12(8-14)6-4-5-10(3)7-12/h9-10,14H,4-8H2,1-3H3,(H,13,15). The van der Waals surface area contributed by atoms with Gasteiger partial charge in [-0.25, -0.2) is 4.79 Å². The van der Waals surface area contributed by atoms with Crippen LogP contribution in [-0.2, 0) is 4.74 Å². The first-order chi connectivity index (χ1) is 7.47. The average molecular weight is 229 g/mol. The van der Waals surface area contributed by atoms with Crippen molar-refractivity contribution in [3.63, 3.8) is 0 Å². The Kier molecular flexibility index (Phi) is 4.59. The summed E-state index contributed by atoms with van der Waals surface area (Å²) in [6.45, 7) is 5.77. The summed E-state index contributed by atoms with van der Waals surface area (Å²) in [4.78, 5) is 11.5. The van der Waals surface area contributed by atoms with Crippen LogP contribution in [0, 0.1) is 5.92 Å². The zero-order valence-electron chi connectivity index (χ0n) is 10.5. The zero-order chi connectivity index (χ0) is 12.2. The van der Waals surface area contributed by atoms with Crippen LogP contribution in [0.25, 0.3) is 0 Å². The lowest BCUT2D eigenvalue weighted by Crippen LogP contribution is -2.54. The van der Waals surface area contributed by atoms with Crippen molar-refractivity contribution >= 4 is 6.09 Å². The van der Waals surface area contributed by atoms with Crippen LogP contribution in [0.15, 0.2) is 0 Å². The van der Waals surface area contributed by atoms with E-state index in [1.165, 1.54) is 6.42 Å². The van der Waals surface area contributed by atoms with Crippen molar-refractivity contribution < 1.29 is 14.6 Å². The van der Waals surface area contributed by atoms with Crippen molar-refractivity contribution in [2.45, 2.75) is 58.1 Å². The number of aliphatic hydroxyl groups excluding tert-OH is 1. The number of nitrogens with one attached hydrogen (secondary N) is 1. The van der Waals surface area contributed by atoms with E-state index in [-0.39, 0.29) is 12.7 Å². The molecular weight excluding hydrogens is 206 g/mol. The second-order valence-corrected chi connectivity index (χ2v) is 5.22. The lowest BCUT2D eigenvalue weighted by molar-refractivity contribution is 0.0677. The molecular formula is C12H23NO3. The molecule has 1 aliphatic carbocycles. The lowest BCUT2D eigenvalue weighted by atomic mass is 9.77. The van der Waals surface area contributed by atoms with Gasteiger partial charge in [0.05, 0.1) is 18.2 Å². The number of hydrogen-bond acceptors (Lipinski definition) is 3. The molecule has 2 atom stereocenters. The molecule has 16 heavy (non-hydrogen) atoms. The number of amides is 1. The van der Waals surface area contributed by atoms with Crippen molar-refractivity contribution in [2.75, 3.05) is 6.61 Å². The van der Waals surface area contributed by atoms with E-state index in [1.54, 1.807) is 0 Å². The van der Waals surface area contributed by atoms with Gasteiger partial charge in [-0.05, 0) is 32.6 Å². The molecule has 2 unspecified atom stereocenters. The van der Waals surface area contributed by atoms with Gasteiger partial charge in [-0.3, -0.25) is 0 Å². The summed E-state index contributed by atoms with van der Waals surface area (Å²) in [5.74, 6) is 0.542. The molecule has 1 fully saturated rings. The Labute approximate surface area is 97.4 Å². The largest absolute Gasteiger partial charge is 0.447 e. The van der Waals surface area contributed by atoms with Crippen LogP contribution >= 0.6 is 0 Å². The fourth-order valence-corrected chi connectivity index (χ4v) is 2.42. The highest BCUT2D eigenvalue weighted by Gasteiger charge is 2.36. The average Bonchev–Trinajstić information content (AvgIpc) is 2.16. The molecule has 1 aliphatic rings. The summed E-state index contributed by atoms with van der Waals surface area (Å²) < 4.78 is 5.05. The van der Waals surface area contributed by atoms with Gasteiger partial charge in [-0.1, -0.05) is 19.8 Å². The Hall–Kier alpha value is -0.770. The minimum atomic E-state index is -0.469. The second kappa shape index (κ2) is 5.53. The molecule has 0 heterocycles. The van der Waals surface area contributed by atoms with Gasteiger partial charge in [0.15, 0.2) is 0 Å². The molecule has 1 saturated carbocycles. The van der Waals surface area contributed by atoms with Crippen LogP contribution in [0.4, 0.5) is 4.79 Å². The first-order valence-corrected chi connectivity index (χ1v) is 6.07. The van der Waals surface area contributed by atoms with E-state index in [9.17, 15) is 9.90 Å². The molecule has 0 saturated heterocycles. The molecule has 4 nitrogen and oxygen atoms in total. The fraction of sp³-hybridized carbons (Fsp3) is 0.917. The lowest BCUT2D eigenvalue weighted by Gasteiger charge is -2.39. The maximum atomic E-state index is 11.5. The maximum absolute atomic E-state index is 11.5. The van der Waals surface area contributed by atoms with Crippen LogP contribution in [0.2, 0.25) is 0 Å². The third-order valence-electron chi connectivity index (χ3n) is 3.10. The summed E-state index contributed by atoms with van der Waals surface area (Å²) in [6.07, 6.45) is 3.33. The Morgan fingerprint density at radius 2 is 2.31 bits per heavy atom. The van der Waals surface area contributed by atoms with Gasteiger partial charge in [-0.15, -0.1) is 0 Å². The smallest absolute Gasteiger partial charge is 0.407 e. The van der Waals surface area contributed by atoms with Crippen LogP contribution < -0.4 is 5.32 Å². The minimum absolute atomic E-state index is 0.00939. The predicted octanol–water partition coefficient (Wildman–Crippen LogP) is 2.06. The van der Waals surface area contributed by atoms with Gasteiger partial charge in [0.1, 0.15) is 0 Å². The van der Waals surface area contributed by atoms with Crippen molar-refractivity contribution in [1.29, 1.82) is 0 Å². The van der Waals surface area contributed by atoms with E-state index in [1.807, 2.05) is 13.8 Å². The number of carbonyl (C=O) groups is 1. The van der Waals surface area contributed by atoms with E-state index in [2.05, 4.69) is 12.2 Å². The normalized spacial score (nSPS) is 30.2. The van der Waals surface area contributed by atoms with Gasteiger partial charge < -0.3 is 15.2 Å². The van der Waals surface area contributed by atoms with Crippen LogP contribution in [-0.4, -0.2) is 29.4 Å². The van der Waals surface area contributed by atoms with E-state index >= 15 is 0 Å². The molecule has 0 aromatic carbocycles. The summed E-state index contributed by atoms with van der Waals surface area (Å²) in [5.41, 5.74) is -0.469. The molecule has 1 amide bonds. The Morgan fingerprint density at radius 1 is 1.62 bits per heavy atom. The maximum Gasteiger partial charge on any atom is 0.407 e. The van der Waals surface area contributed by atoms with Gasteiger partial charge in [0.25, 0.3) is 0 Å². The van der Waals surface area contributed by atoms with Crippen LogP contribution in [0.5, 0.6) is 0 Å². The summed E-state index contributed by atoms with van der Waals surface area (Å²) in [5, 5.41) is 12.3. The first-order valence-electron chi connectivity index (χ1n) is 6.07. The topological polar surface area (TPSA) is 58.6 Å². The van der Waals surface area contributed by atoms with Gasteiger partial charge in [0.2, 0.25) is 0 Å². The van der Waals surface area contributed by atoms with Gasteiger partial charge in [0, 0.05) is 0 Å². The first kappa shape index (κ1) is 13.3. The third kappa shape index (κ3) is 3.67. The molecule has 94 valence electrons. The van der Waals surface area contributed by atoms with Crippen LogP contribution in [0.3, 0.4) is 0 Å². The number of rotatable bonds is 3. The van der Waals surface area contributed by atoms with Crippen molar-refractivity contribution in [2.24, 2.45) is 5.92 Å². The highest BCUT2D eigenvalue weighted by atomic mass is 16.6. The molecule has 0 spiro atoms. The molecule has 0 aliphatic heterocycles. The highest BCUT2D eigenvalue weighted by molar-refractivity contribution is 5.68. The van der Waals surface area contributed by atoms with Crippen molar-refractivity contribution in [3.05, 3.63) is 0 Å². The molecule has 1 rings (SSSR count). The molecule has 2 N–H and O–H groups in total. The monoisotopic (exact) mass is 229 g/mol. The Balaban J connectivity index is 2.55. The van der Waals surface area contributed by atoms with Crippen molar-refractivity contribution in [1.82, 2.24) is 5.32 Å². The molecule has 0 radical (unpaired) electrons. The molecule has 0 bridgehead atoms. The number of aliphatic hydroxyl groups is 1. The minimum Gasteiger partial charge on any atom is -0.447 e. The van der Waals surface area contributed by atoms with E-state index in [0.29, 0.717) is 5.92 Å². The number of ether oxygens (including phenoxy) is 1. The summed E-state index contributed by atoms with van der Waals surface area (Å²) in [7, 11) is 0. The van der Waals surface area contributed by atoms with E-state index < -0.39 is 11.6 Å². The molecule has 0 aromatic rings.